The zero-order chi connectivity index (χ0) is 17.9. The van der Waals surface area contributed by atoms with Crippen molar-refractivity contribution in [3.8, 4) is 0 Å². The maximum atomic E-state index is 13.2. The number of pyridine rings is 1. The molecule has 0 spiro atoms. The Labute approximate surface area is 159 Å². The lowest BCUT2D eigenvalue weighted by atomic mass is 9.95. The molecular formula is C21H24ClN3O. The zero-order valence-electron chi connectivity index (χ0n) is 14.9. The fourth-order valence-corrected chi connectivity index (χ4v) is 4.25. The minimum atomic E-state index is -0.194. The van der Waals surface area contributed by atoms with E-state index in [-0.39, 0.29) is 11.8 Å². The largest absolute Gasteiger partial charge is 0.310 e. The van der Waals surface area contributed by atoms with Crippen molar-refractivity contribution in [2.45, 2.75) is 31.6 Å². The average molecular weight is 370 g/mol. The maximum Gasteiger partial charge on any atom is 0.235 e. The van der Waals surface area contributed by atoms with Crippen molar-refractivity contribution < 1.29 is 4.79 Å². The van der Waals surface area contributed by atoms with E-state index >= 15 is 0 Å². The van der Waals surface area contributed by atoms with Crippen LogP contribution in [0.4, 0.5) is 5.69 Å². The summed E-state index contributed by atoms with van der Waals surface area (Å²) in [6.45, 7) is 3.97. The van der Waals surface area contributed by atoms with E-state index in [1.54, 1.807) is 6.20 Å². The van der Waals surface area contributed by atoms with E-state index in [2.05, 4.69) is 9.88 Å². The highest BCUT2D eigenvalue weighted by Gasteiger charge is 2.37. The minimum absolute atomic E-state index is 0.171. The summed E-state index contributed by atoms with van der Waals surface area (Å²) in [5.41, 5.74) is 2.98. The highest BCUT2D eigenvalue weighted by Crippen LogP contribution is 2.40. The number of carbonyl (C=O) groups is 1. The number of amides is 1. The first-order chi connectivity index (χ1) is 12.7. The highest BCUT2D eigenvalue weighted by atomic mass is 35.5. The van der Waals surface area contributed by atoms with Gasteiger partial charge in [-0.3, -0.25) is 9.78 Å². The van der Waals surface area contributed by atoms with Crippen LogP contribution in [0.1, 0.15) is 36.4 Å². The first-order valence-corrected chi connectivity index (χ1v) is 9.83. The number of hydrogen-bond donors (Lipinski definition) is 0. The van der Waals surface area contributed by atoms with Crippen LogP contribution in [0.15, 0.2) is 42.6 Å². The summed E-state index contributed by atoms with van der Waals surface area (Å²) in [6.07, 6.45) is 6.26. The molecule has 0 N–H and O–H groups in total. The molecule has 1 aromatic carbocycles. The van der Waals surface area contributed by atoms with E-state index in [9.17, 15) is 4.79 Å². The zero-order valence-corrected chi connectivity index (χ0v) is 15.7. The molecular weight excluding hydrogens is 346 g/mol. The molecule has 3 heterocycles. The molecule has 0 radical (unpaired) electrons. The maximum absolute atomic E-state index is 13.2. The van der Waals surface area contributed by atoms with E-state index in [4.69, 9.17) is 11.6 Å². The summed E-state index contributed by atoms with van der Waals surface area (Å²) < 4.78 is 0. The van der Waals surface area contributed by atoms with Gasteiger partial charge in [-0.15, -0.1) is 0 Å². The molecule has 1 saturated heterocycles. The van der Waals surface area contributed by atoms with Gasteiger partial charge in [0.25, 0.3) is 0 Å². The van der Waals surface area contributed by atoms with E-state index in [1.807, 2.05) is 41.3 Å². The van der Waals surface area contributed by atoms with Crippen molar-refractivity contribution in [3.05, 3.63) is 58.9 Å². The van der Waals surface area contributed by atoms with Gasteiger partial charge >= 0.3 is 0 Å². The van der Waals surface area contributed by atoms with Crippen LogP contribution < -0.4 is 4.90 Å². The van der Waals surface area contributed by atoms with Crippen molar-refractivity contribution in [3.63, 3.8) is 0 Å². The number of benzene rings is 1. The summed E-state index contributed by atoms with van der Waals surface area (Å²) in [7, 11) is 0. The lowest BCUT2D eigenvalue weighted by Gasteiger charge is -2.28. The Balaban J connectivity index is 1.55. The molecule has 0 aliphatic carbocycles. The highest BCUT2D eigenvalue weighted by molar-refractivity contribution is 6.31. The van der Waals surface area contributed by atoms with E-state index < -0.39 is 0 Å². The van der Waals surface area contributed by atoms with Crippen LogP contribution in [0.3, 0.4) is 0 Å². The monoisotopic (exact) mass is 369 g/mol. The number of fused-ring (bicyclic) bond motifs is 1. The van der Waals surface area contributed by atoms with Gasteiger partial charge in [0.2, 0.25) is 5.91 Å². The van der Waals surface area contributed by atoms with Crippen LogP contribution in [0, 0.1) is 0 Å². The molecule has 26 heavy (non-hydrogen) atoms. The van der Waals surface area contributed by atoms with Crippen LogP contribution >= 0.6 is 11.6 Å². The predicted molar refractivity (Wildman–Crippen MR) is 105 cm³/mol. The molecule has 1 aromatic heterocycles. The lowest BCUT2D eigenvalue weighted by molar-refractivity contribution is -0.119. The number of aromatic nitrogens is 1. The van der Waals surface area contributed by atoms with Gasteiger partial charge in [-0.2, -0.15) is 0 Å². The van der Waals surface area contributed by atoms with Gasteiger partial charge in [0.05, 0.1) is 5.92 Å². The Kier molecular flexibility index (Phi) is 5.23. The topological polar surface area (TPSA) is 36.4 Å². The smallest absolute Gasteiger partial charge is 0.235 e. The number of carbonyl (C=O) groups excluding carboxylic acids is 1. The molecule has 2 aliphatic rings. The Morgan fingerprint density at radius 3 is 2.69 bits per heavy atom. The predicted octanol–water partition coefficient (Wildman–Crippen LogP) is 3.89. The number of anilines is 1. The fourth-order valence-electron chi connectivity index (χ4n) is 4.07. The minimum Gasteiger partial charge on any atom is -0.310 e. The lowest BCUT2D eigenvalue weighted by Crippen LogP contribution is -2.39. The van der Waals surface area contributed by atoms with Crippen molar-refractivity contribution in [1.82, 2.24) is 9.88 Å². The van der Waals surface area contributed by atoms with Crippen molar-refractivity contribution >= 4 is 23.2 Å². The molecule has 0 saturated carbocycles. The third kappa shape index (κ3) is 3.62. The molecule has 4 rings (SSSR count). The Morgan fingerprint density at radius 2 is 1.92 bits per heavy atom. The third-order valence-corrected chi connectivity index (χ3v) is 5.68. The van der Waals surface area contributed by atoms with Gasteiger partial charge in [-0.05, 0) is 61.8 Å². The van der Waals surface area contributed by atoms with E-state index in [1.165, 1.54) is 19.3 Å². The van der Waals surface area contributed by atoms with E-state index in [0.717, 1.165) is 43.1 Å². The van der Waals surface area contributed by atoms with Crippen molar-refractivity contribution in [1.29, 1.82) is 0 Å². The van der Waals surface area contributed by atoms with Crippen molar-refractivity contribution in [2.24, 2.45) is 0 Å². The molecule has 4 nitrogen and oxygen atoms in total. The second kappa shape index (κ2) is 7.77. The normalized spacial score (nSPS) is 20.4. The number of likely N-dealkylation sites (tertiary alicyclic amines) is 1. The van der Waals surface area contributed by atoms with Gasteiger partial charge in [0.15, 0.2) is 0 Å². The molecule has 1 amide bonds. The molecule has 1 fully saturated rings. The number of piperidine rings is 1. The Morgan fingerprint density at radius 1 is 1.08 bits per heavy atom. The van der Waals surface area contributed by atoms with Crippen LogP contribution in [-0.2, 0) is 11.2 Å². The molecule has 1 atom stereocenters. The Bertz CT molecular complexity index is 774. The Hall–Kier alpha value is -1.91. The molecule has 0 bridgehead atoms. The standard InChI is InChI=1S/C21H24ClN3O/c22-16-7-8-20-18(14-16)19(15-17-6-2-3-9-23-17)21(26)25(20)13-12-24-10-4-1-5-11-24/h2-3,6-9,14,19H,1,4-5,10-13,15H2. The average Bonchev–Trinajstić information content (AvgIpc) is 2.93. The van der Waals surface area contributed by atoms with Gasteiger partial charge < -0.3 is 9.80 Å². The third-order valence-electron chi connectivity index (χ3n) is 5.45. The summed E-state index contributed by atoms with van der Waals surface area (Å²) in [5, 5.41) is 0.681. The first-order valence-electron chi connectivity index (χ1n) is 9.45. The van der Waals surface area contributed by atoms with Crippen LogP contribution in [0.5, 0.6) is 0 Å². The summed E-state index contributed by atoms with van der Waals surface area (Å²) in [6, 6.07) is 11.7. The van der Waals surface area contributed by atoms with Gasteiger partial charge in [0, 0.05) is 42.1 Å². The van der Waals surface area contributed by atoms with Crippen LogP contribution in [0.25, 0.3) is 0 Å². The summed E-state index contributed by atoms with van der Waals surface area (Å²) in [5.74, 6) is -0.0233. The molecule has 2 aromatic rings. The van der Waals surface area contributed by atoms with Gasteiger partial charge in [0.1, 0.15) is 0 Å². The van der Waals surface area contributed by atoms with Crippen molar-refractivity contribution in [2.75, 3.05) is 31.1 Å². The first kappa shape index (κ1) is 17.5. The van der Waals surface area contributed by atoms with Crippen LogP contribution in [0.2, 0.25) is 5.02 Å². The second-order valence-electron chi connectivity index (χ2n) is 7.17. The summed E-state index contributed by atoms with van der Waals surface area (Å²) >= 11 is 6.23. The molecule has 5 heteroatoms. The summed E-state index contributed by atoms with van der Waals surface area (Å²) in [4.78, 5) is 22.0. The number of rotatable bonds is 5. The van der Waals surface area contributed by atoms with Gasteiger partial charge in [-0.1, -0.05) is 24.1 Å². The van der Waals surface area contributed by atoms with E-state index in [0.29, 0.717) is 11.4 Å². The number of hydrogen-bond acceptors (Lipinski definition) is 3. The second-order valence-corrected chi connectivity index (χ2v) is 7.61. The molecule has 1 unspecified atom stereocenters. The molecule has 136 valence electrons. The van der Waals surface area contributed by atoms with Crippen LogP contribution in [-0.4, -0.2) is 42.0 Å². The number of nitrogens with zero attached hydrogens (tertiary/aromatic N) is 3. The number of halogens is 1. The fraction of sp³-hybridized carbons (Fsp3) is 0.429. The van der Waals surface area contributed by atoms with Gasteiger partial charge in [-0.25, -0.2) is 0 Å². The SMILES string of the molecule is O=C1C(Cc2ccccn2)c2cc(Cl)ccc2N1CCN1CCCCC1. The molecule has 2 aliphatic heterocycles. The quantitative estimate of drug-likeness (QED) is 0.802.